The number of anilines is 1. The number of H-pyrrole nitrogens is 1. The third-order valence-electron chi connectivity index (χ3n) is 4.38. The molecule has 0 saturated carbocycles. The number of aromatic nitrogens is 5. The minimum atomic E-state index is -5.47. The molecule has 0 amide bonds. The highest BCUT2D eigenvalue weighted by molar-refractivity contribution is 7.93. The number of carbonyl (C=O) groups is 1. The van der Waals surface area contributed by atoms with Crippen LogP contribution in [0, 0.1) is 5.82 Å². The Hall–Kier alpha value is -3.75. The molecule has 20 heteroatoms. The van der Waals surface area contributed by atoms with E-state index in [1.165, 1.54) is 0 Å². The molecule has 14 nitrogen and oxygen atoms in total. The number of esters is 1. The molecule has 3 aromatic rings. The summed E-state index contributed by atoms with van der Waals surface area (Å²) in [7, 11) is -9.88. The van der Waals surface area contributed by atoms with E-state index in [1.807, 2.05) is 0 Å². The van der Waals surface area contributed by atoms with Crippen molar-refractivity contribution >= 4 is 31.6 Å². The van der Waals surface area contributed by atoms with Crippen molar-refractivity contribution in [3.8, 4) is 22.5 Å². The number of carbonyl (C=O) groups excluding carboxylic acids is 1. The van der Waals surface area contributed by atoms with Gasteiger partial charge in [0, 0.05) is 17.3 Å². The summed E-state index contributed by atoms with van der Waals surface area (Å²) in [5, 5.41) is 17.6. The van der Waals surface area contributed by atoms with Crippen molar-refractivity contribution in [3.63, 3.8) is 0 Å². The highest BCUT2D eigenvalue weighted by Crippen LogP contribution is 2.39. The van der Waals surface area contributed by atoms with Crippen molar-refractivity contribution in [2.24, 2.45) is 10.9 Å². The summed E-state index contributed by atoms with van der Waals surface area (Å²) >= 11 is 0. The van der Waals surface area contributed by atoms with Gasteiger partial charge in [-0.15, -0.1) is 5.10 Å². The molecular formula is C16H14F4N8O6S2. The Morgan fingerprint density at radius 1 is 1.19 bits per heavy atom. The van der Waals surface area contributed by atoms with Gasteiger partial charge in [-0.3, -0.25) is 5.73 Å². The van der Waals surface area contributed by atoms with Gasteiger partial charge in [0.1, 0.15) is 10.6 Å². The molecule has 0 aliphatic rings. The van der Waals surface area contributed by atoms with E-state index >= 15 is 0 Å². The lowest BCUT2D eigenvalue weighted by molar-refractivity contribution is -0.203. The van der Waals surface area contributed by atoms with Gasteiger partial charge in [-0.25, -0.2) is 41.2 Å². The number of hydrogen-bond donors (Lipinski definition) is 4. The number of nitrogens with two attached hydrogens (primary N) is 3. The van der Waals surface area contributed by atoms with E-state index in [0.29, 0.717) is 0 Å². The van der Waals surface area contributed by atoms with E-state index in [1.54, 1.807) is 0 Å². The fourth-order valence-corrected chi connectivity index (χ4v) is 5.88. The smallest absolute Gasteiger partial charge is 0.439 e. The van der Waals surface area contributed by atoms with Crippen molar-refractivity contribution in [1.82, 2.24) is 25.6 Å². The average molecular weight is 554 g/mol. The van der Waals surface area contributed by atoms with E-state index in [-0.39, 0.29) is 11.1 Å². The van der Waals surface area contributed by atoms with Gasteiger partial charge in [-0.05, 0) is 28.1 Å². The number of primary sulfonamides is 1. The number of sulfonamides is 1. The van der Waals surface area contributed by atoms with Crippen LogP contribution in [0.25, 0.3) is 22.5 Å². The standard InChI is InChI=1S/C16H14F4N8O6S2/c17-8-3-6(4-24-13(8)22)7-1-2-9(12(36(23,32)33)11(7)14-25-27-28-26-14)35(30,31)5-10(21)34-15(29)16(18,19)20/h1-4,10H,5,21H2,(H2,22,24)(H2,23,32,33)(H,25,26,27,28). The van der Waals surface area contributed by atoms with Crippen molar-refractivity contribution < 1.29 is 43.9 Å². The fraction of sp³-hybridized carbons (Fsp3) is 0.188. The molecule has 1 unspecified atom stereocenters. The molecule has 0 spiro atoms. The first-order valence-electron chi connectivity index (χ1n) is 9.14. The fourth-order valence-electron chi connectivity index (χ4n) is 2.97. The largest absolute Gasteiger partial charge is 0.490 e. The molecule has 194 valence electrons. The summed E-state index contributed by atoms with van der Waals surface area (Å²) in [4.78, 5) is 12.4. The maximum absolute atomic E-state index is 14.1. The number of nitrogen functional groups attached to an aromatic ring is 1. The molecule has 0 saturated heterocycles. The first-order valence-corrected chi connectivity index (χ1v) is 12.3. The Kier molecular flexibility index (Phi) is 6.99. The lowest BCUT2D eigenvalue weighted by atomic mass is 10.0. The van der Waals surface area contributed by atoms with E-state index in [4.69, 9.17) is 16.6 Å². The second-order valence-electron chi connectivity index (χ2n) is 6.92. The van der Waals surface area contributed by atoms with Crippen LogP contribution in [-0.2, 0) is 29.4 Å². The van der Waals surface area contributed by atoms with Crippen molar-refractivity contribution in [1.29, 1.82) is 0 Å². The summed E-state index contributed by atoms with van der Waals surface area (Å²) in [6.45, 7) is 0. The second kappa shape index (κ2) is 9.37. The van der Waals surface area contributed by atoms with E-state index in [0.717, 1.165) is 24.4 Å². The van der Waals surface area contributed by atoms with Crippen molar-refractivity contribution in [3.05, 3.63) is 30.2 Å². The summed E-state index contributed by atoms with van der Waals surface area (Å²) in [5.41, 5.74) is 9.77. The van der Waals surface area contributed by atoms with Gasteiger partial charge in [-0.2, -0.15) is 13.2 Å². The molecule has 1 atom stereocenters. The number of nitrogens with one attached hydrogen (secondary N) is 1. The second-order valence-corrected chi connectivity index (χ2v) is 10.4. The molecule has 0 bridgehead atoms. The number of halogens is 4. The molecular weight excluding hydrogens is 540 g/mol. The van der Waals surface area contributed by atoms with Gasteiger partial charge in [0.2, 0.25) is 10.0 Å². The molecule has 0 fully saturated rings. The SMILES string of the molecule is Nc1ncc(-c2ccc(S(=O)(=O)CC(N)OC(=O)C(F)(F)F)c(S(N)(=O)=O)c2-c2nnn[nH]2)cc1F. The van der Waals surface area contributed by atoms with E-state index < -0.39 is 76.8 Å². The maximum atomic E-state index is 14.1. The molecule has 2 aromatic heterocycles. The summed E-state index contributed by atoms with van der Waals surface area (Å²) < 4.78 is 106. The van der Waals surface area contributed by atoms with Crippen LogP contribution in [0.15, 0.2) is 34.2 Å². The van der Waals surface area contributed by atoms with Crippen molar-refractivity contribution in [2.75, 3.05) is 11.5 Å². The number of aromatic amines is 1. The van der Waals surface area contributed by atoms with Gasteiger partial charge in [-0.1, -0.05) is 6.07 Å². The molecule has 0 aliphatic carbocycles. The molecule has 36 heavy (non-hydrogen) atoms. The number of ether oxygens (including phenoxy) is 1. The first kappa shape index (κ1) is 26.8. The molecule has 1 aromatic carbocycles. The molecule has 2 heterocycles. The third kappa shape index (κ3) is 5.56. The maximum Gasteiger partial charge on any atom is 0.490 e. The third-order valence-corrected chi connectivity index (χ3v) is 7.28. The monoisotopic (exact) mass is 554 g/mol. The summed E-state index contributed by atoms with van der Waals surface area (Å²) in [6, 6.07) is 2.60. The Morgan fingerprint density at radius 3 is 2.39 bits per heavy atom. The van der Waals surface area contributed by atoms with Crippen LogP contribution in [0.2, 0.25) is 0 Å². The van der Waals surface area contributed by atoms with Gasteiger partial charge in [0.25, 0.3) is 0 Å². The van der Waals surface area contributed by atoms with Crippen LogP contribution < -0.4 is 16.6 Å². The van der Waals surface area contributed by atoms with Gasteiger partial charge < -0.3 is 10.5 Å². The van der Waals surface area contributed by atoms with Crippen LogP contribution >= 0.6 is 0 Å². The van der Waals surface area contributed by atoms with Crippen LogP contribution in [0.1, 0.15) is 0 Å². The van der Waals surface area contributed by atoms with Gasteiger partial charge >= 0.3 is 12.1 Å². The predicted octanol–water partition coefficient (Wildman–Crippen LogP) is -0.539. The lowest BCUT2D eigenvalue weighted by Crippen LogP contribution is -2.39. The highest BCUT2D eigenvalue weighted by atomic mass is 32.2. The number of nitrogens with zero attached hydrogens (tertiary/aromatic N) is 4. The number of benzene rings is 1. The Balaban J connectivity index is 2.25. The Morgan fingerprint density at radius 2 is 1.86 bits per heavy atom. The zero-order valence-corrected chi connectivity index (χ0v) is 19.0. The number of pyridine rings is 1. The summed E-state index contributed by atoms with van der Waals surface area (Å²) in [6.07, 6.45) is -6.78. The van der Waals surface area contributed by atoms with Crippen molar-refractivity contribution in [2.45, 2.75) is 22.2 Å². The normalized spacial score (nSPS) is 13.4. The Labute approximate surface area is 198 Å². The molecule has 7 N–H and O–H groups in total. The molecule has 0 aliphatic heterocycles. The first-order chi connectivity index (χ1) is 16.5. The van der Waals surface area contributed by atoms with E-state index in [2.05, 4.69) is 30.3 Å². The molecule has 3 rings (SSSR count). The van der Waals surface area contributed by atoms with Crippen LogP contribution in [0.4, 0.5) is 23.4 Å². The zero-order valence-electron chi connectivity index (χ0n) is 17.4. The summed E-state index contributed by atoms with van der Waals surface area (Å²) in [5.74, 6) is -6.16. The van der Waals surface area contributed by atoms with Crippen LogP contribution in [0.5, 0.6) is 0 Å². The van der Waals surface area contributed by atoms with Gasteiger partial charge in [0.05, 0.1) is 4.90 Å². The average Bonchev–Trinajstić information content (AvgIpc) is 3.27. The quantitative estimate of drug-likeness (QED) is 0.164. The minimum absolute atomic E-state index is 0.0993. The van der Waals surface area contributed by atoms with E-state index in [9.17, 15) is 39.2 Å². The predicted molar refractivity (Wildman–Crippen MR) is 111 cm³/mol. The minimum Gasteiger partial charge on any atom is -0.439 e. The Bertz CT molecular complexity index is 1530. The van der Waals surface area contributed by atoms with Crippen LogP contribution in [-0.4, -0.2) is 66.6 Å². The topological polar surface area (TPSA) is 240 Å². The molecule has 0 radical (unpaired) electrons. The highest BCUT2D eigenvalue weighted by Gasteiger charge is 2.43. The lowest BCUT2D eigenvalue weighted by Gasteiger charge is -2.18. The number of tetrazole rings is 1. The number of sulfone groups is 1. The number of alkyl halides is 3. The van der Waals surface area contributed by atoms with Crippen LogP contribution in [0.3, 0.4) is 0 Å². The zero-order chi connectivity index (χ0) is 27.1. The number of rotatable bonds is 7. The number of hydrogen-bond acceptors (Lipinski definition) is 12. The van der Waals surface area contributed by atoms with Gasteiger partial charge in [0.15, 0.2) is 33.5 Å².